The van der Waals surface area contributed by atoms with E-state index >= 15 is 0 Å². The van der Waals surface area contributed by atoms with Gasteiger partial charge in [0.2, 0.25) is 5.95 Å². The van der Waals surface area contributed by atoms with Crippen molar-refractivity contribution in [3.63, 3.8) is 0 Å². The molecule has 3 heterocycles. The quantitative estimate of drug-likeness (QED) is 0.304. The fraction of sp³-hybridized carbons (Fsp3) is 0.250. The lowest BCUT2D eigenvalue weighted by Crippen LogP contribution is -2.23. The first-order valence-electron chi connectivity index (χ1n) is 11.2. The molecular formula is C24H28N10O2. The smallest absolute Gasteiger partial charge is 0.254 e. The summed E-state index contributed by atoms with van der Waals surface area (Å²) in [6.45, 7) is 0.657. The van der Waals surface area contributed by atoms with E-state index in [0.29, 0.717) is 47.3 Å². The van der Waals surface area contributed by atoms with Crippen molar-refractivity contribution < 1.29 is 9.53 Å². The summed E-state index contributed by atoms with van der Waals surface area (Å²) in [6, 6.07) is 11.0. The minimum absolute atomic E-state index is 0.201. The monoisotopic (exact) mass is 488 g/mol. The molecule has 1 amide bonds. The van der Waals surface area contributed by atoms with Gasteiger partial charge < -0.3 is 26.0 Å². The minimum Gasteiger partial charge on any atom is -0.494 e. The van der Waals surface area contributed by atoms with Gasteiger partial charge >= 0.3 is 0 Å². The van der Waals surface area contributed by atoms with Crippen LogP contribution >= 0.6 is 0 Å². The summed E-state index contributed by atoms with van der Waals surface area (Å²) in [5.41, 5.74) is 7.76. The molecule has 0 fully saturated rings. The number of nitrogens with one attached hydrogen (secondary N) is 2. The van der Waals surface area contributed by atoms with Crippen molar-refractivity contribution in [1.82, 2.24) is 34.6 Å². The van der Waals surface area contributed by atoms with E-state index in [4.69, 9.17) is 10.5 Å². The lowest BCUT2D eigenvalue weighted by molar-refractivity contribution is 0.0999. The Morgan fingerprint density at radius 1 is 1.11 bits per heavy atom. The van der Waals surface area contributed by atoms with Crippen LogP contribution in [0.15, 0.2) is 48.9 Å². The van der Waals surface area contributed by atoms with Crippen LogP contribution in [-0.4, -0.2) is 68.3 Å². The molecule has 0 aliphatic heterocycles. The van der Waals surface area contributed by atoms with Crippen LogP contribution in [0.1, 0.15) is 16.1 Å². The number of aryl methyl sites for hydroxylation is 1. The van der Waals surface area contributed by atoms with Gasteiger partial charge in [0.25, 0.3) is 5.91 Å². The lowest BCUT2D eigenvalue weighted by Gasteiger charge is -2.18. The van der Waals surface area contributed by atoms with Gasteiger partial charge in [-0.1, -0.05) is 12.1 Å². The highest BCUT2D eigenvalue weighted by atomic mass is 16.5. The van der Waals surface area contributed by atoms with Gasteiger partial charge in [-0.05, 0) is 38.4 Å². The zero-order valence-electron chi connectivity index (χ0n) is 20.6. The maximum atomic E-state index is 12.6. The van der Waals surface area contributed by atoms with Gasteiger partial charge in [-0.25, -0.2) is 15.0 Å². The van der Waals surface area contributed by atoms with Gasteiger partial charge in [-0.15, -0.1) is 0 Å². The second-order valence-corrected chi connectivity index (χ2v) is 8.23. The van der Waals surface area contributed by atoms with E-state index in [-0.39, 0.29) is 17.3 Å². The summed E-state index contributed by atoms with van der Waals surface area (Å²) in [5, 5.41) is 10.7. The molecule has 4 aromatic rings. The molecule has 12 nitrogen and oxygen atoms in total. The molecule has 36 heavy (non-hydrogen) atoms. The van der Waals surface area contributed by atoms with Crippen LogP contribution in [0.5, 0.6) is 5.75 Å². The Bertz CT molecular complexity index is 1350. The number of amides is 1. The van der Waals surface area contributed by atoms with Crippen LogP contribution in [0, 0.1) is 0 Å². The third-order valence-electron chi connectivity index (χ3n) is 5.24. The molecule has 0 spiro atoms. The highest BCUT2D eigenvalue weighted by Gasteiger charge is 2.22. The molecule has 0 radical (unpaired) electrons. The molecular weight excluding hydrogens is 460 g/mol. The number of methoxy groups -OCH3 is 1. The maximum absolute atomic E-state index is 12.6. The molecule has 0 unspecified atom stereocenters. The van der Waals surface area contributed by atoms with E-state index in [1.165, 1.54) is 0 Å². The number of carbonyl (C=O) groups is 1. The largest absolute Gasteiger partial charge is 0.494 e. The van der Waals surface area contributed by atoms with Crippen molar-refractivity contribution in [3.8, 4) is 17.1 Å². The number of rotatable bonds is 10. The molecule has 0 bridgehead atoms. The topological polar surface area (TPSA) is 149 Å². The summed E-state index contributed by atoms with van der Waals surface area (Å²) >= 11 is 0. The molecule has 12 heteroatoms. The Balaban J connectivity index is 1.81. The normalized spacial score (nSPS) is 10.9. The number of carbonyl (C=O) groups excluding carboxylic acids is 1. The van der Waals surface area contributed by atoms with Crippen molar-refractivity contribution in [2.45, 2.75) is 6.42 Å². The Morgan fingerprint density at radius 3 is 2.58 bits per heavy atom. The summed E-state index contributed by atoms with van der Waals surface area (Å²) in [4.78, 5) is 32.4. The highest BCUT2D eigenvalue weighted by Crippen LogP contribution is 2.37. The van der Waals surface area contributed by atoms with Crippen molar-refractivity contribution in [1.29, 1.82) is 0 Å². The molecule has 186 valence electrons. The SMILES string of the molecule is COc1c(Nc2nc(Nc3ccccn3)nc(CCN(C)C)c2C(N)=O)cccc1-c1ncn(C)n1. The van der Waals surface area contributed by atoms with Gasteiger partial charge in [0, 0.05) is 26.2 Å². The molecule has 0 aliphatic rings. The van der Waals surface area contributed by atoms with E-state index < -0.39 is 5.91 Å². The third kappa shape index (κ3) is 5.55. The fourth-order valence-corrected chi connectivity index (χ4v) is 3.60. The summed E-state index contributed by atoms with van der Waals surface area (Å²) in [5.74, 6) is 1.43. The Kier molecular flexibility index (Phi) is 7.35. The van der Waals surface area contributed by atoms with Gasteiger partial charge in [-0.2, -0.15) is 10.1 Å². The predicted molar refractivity (Wildman–Crippen MR) is 137 cm³/mol. The minimum atomic E-state index is -0.642. The Morgan fingerprint density at radius 2 is 1.94 bits per heavy atom. The predicted octanol–water partition coefficient (Wildman–Crippen LogP) is 2.37. The van der Waals surface area contributed by atoms with E-state index in [1.807, 2.05) is 49.3 Å². The van der Waals surface area contributed by atoms with Crippen molar-refractivity contribution in [2.24, 2.45) is 12.8 Å². The Labute approximate surface area is 208 Å². The van der Waals surface area contributed by atoms with Gasteiger partial charge in [0.15, 0.2) is 11.6 Å². The average molecular weight is 489 g/mol. The zero-order valence-corrected chi connectivity index (χ0v) is 20.6. The van der Waals surface area contributed by atoms with Gasteiger partial charge in [-0.3, -0.25) is 9.48 Å². The van der Waals surface area contributed by atoms with E-state index in [2.05, 4.69) is 35.7 Å². The van der Waals surface area contributed by atoms with Crippen molar-refractivity contribution in [3.05, 3.63) is 60.2 Å². The molecule has 0 atom stereocenters. The van der Waals surface area contributed by atoms with Crippen molar-refractivity contribution >= 4 is 29.2 Å². The number of nitrogens with zero attached hydrogens (tertiary/aromatic N) is 7. The number of likely N-dealkylation sites (N-methyl/N-ethyl adjacent to an activating group) is 1. The average Bonchev–Trinajstić information content (AvgIpc) is 3.29. The van der Waals surface area contributed by atoms with Crippen LogP contribution < -0.4 is 21.1 Å². The Hall–Kier alpha value is -4.58. The van der Waals surface area contributed by atoms with Crippen molar-refractivity contribution in [2.75, 3.05) is 38.4 Å². The molecule has 0 aliphatic carbocycles. The molecule has 3 aromatic heterocycles. The second kappa shape index (κ2) is 10.8. The first-order valence-corrected chi connectivity index (χ1v) is 11.2. The number of hydrogen-bond acceptors (Lipinski definition) is 10. The number of pyridine rings is 1. The first-order chi connectivity index (χ1) is 17.4. The van der Waals surface area contributed by atoms with Crippen LogP contribution in [0.4, 0.5) is 23.3 Å². The van der Waals surface area contributed by atoms with Crippen LogP contribution in [-0.2, 0) is 13.5 Å². The number of para-hydroxylation sites is 1. The van der Waals surface area contributed by atoms with Crippen LogP contribution in [0.3, 0.4) is 0 Å². The van der Waals surface area contributed by atoms with Crippen LogP contribution in [0.25, 0.3) is 11.4 Å². The van der Waals surface area contributed by atoms with E-state index in [9.17, 15) is 4.79 Å². The first kappa shape index (κ1) is 24.5. The second-order valence-electron chi connectivity index (χ2n) is 8.23. The van der Waals surface area contributed by atoms with Gasteiger partial charge in [0.05, 0.1) is 24.1 Å². The van der Waals surface area contributed by atoms with E-state index in [1.54, 1.807) is 37.4 Å². The number of primary amides is 1. The number of anilines is 4. The maximum Gasteiger partial charge on any atom is 0.254 e. The number of aromatic nitrogens is 6. The fourth-order valence-electron chi connectivity index (χ4n) is 3.60. The molecule has 0 saturated heterocycles. The molecule has 1 aromatic carbocycles. The molecule has 4 N–H and O–H groups in total. The lowest BCUT2D eigenvalue weighted by atomic mass is 10.1. The molecule has 0 saturated carbocycles. The summed E-state index contributed by atoms with van der Waals surface area (Å²) in [6.07, 6.45) is 3.75. The summed E-state index contributed by atoms with van der Waals surface area (Å²) < 4.78 is 7.31. The molecule has 4 rings (SSSR count). The van der Waals surface area contributed by atoms with E-state index in [0.717, 1.165) is 0 Å². The number of ether oxygens (including phenoxy) is 1. The number of benzene rings is 1. The van der Waals surface area contributed by atoms with Crippen LogP contribution in [0.2, 0.25) is 0 Å². The zero-order chi connectivity index (χ0) is 25.7. The van der Waals surface area contributed by atoms with Gasteiger partial charge in [0.1, 0.15) is 23.5 Å². The highest BCUT2D eigenvalue weighted by molar-refractivity contribution is 6.00. The standard InChI is InChI=1S/C24H28N10O2/c1-33(2)13-11-16-19(21(25)35)23(31-24(29-16)30-18-10-5-6-12-26-18)28-17-9-7-8-15(20(17)36-4)22-27-14-34(3)32-22/h5-10,12,14H,11,13H2,1-4H3,(H2,25,35)(H2,26,28,29,30,31). The summed E-state index contributed by atoms with van der Waals surface area (Å²) in [7, 11) is 7.23. The number of hydrogen-bond donors (Lipinski definition) is 3. The third-order valence-corrected chi connectivity index (χ3v) is 5.24. The number of nitrogens with two attached hydrogens (primary N) is 1.